The van der Waals surface area contributed by atoms with E-state index in [1.807, 2.05) is 25.1 Å². The van der Waals surface area contributed by atoms with Crippen LogP contribution in [0.3, 0.4) is 0 Å². The average Bonchev–Trinajstić information content (AvgIpc) is 2.63. The van der Waals surface area contributed by atoms with Gasteiger partial charge in [0.15, 0.2) is 0 Å². The molecule has 2 aromatic carbocycles. The van der Waals surface area contributed by atoms with Crippen molar-refractivity contribution < 1.29 is 4.79 Å². The van der Waals surface area contributed by atoms with Gasteiger partial charge in [0.1, 0.15) is 5.69 Å². The van der Waals surface area contributed by atoms with Gasteiger partial charge in [0.2, 0.25) is 0 Å². The van der Waals surface area contributed by atoms with Crippen LogP contribution >= 0.6 is 0 Å². The monoisotopic (exact) mass is 333 g/mol. The van der Waals surface area contributed by atoms with Crippen LogP contribution in [0.2, 0.25) is 0 Å². The largest absolute Gasteiger partial charge is 0.348 e. The van der Waals surface area contributed by atoms with Gasteiger partial charge in [-0.2, -0.15) is 5.10 Å². The first kappa shape index (κ1) is 16.6. The lowest BCUT2D eigenvalue weighted by Gasteiger charge is -2.14. The topological polar surface area (TPSA) is 74.8 Å². The third-order valence-corrected chi connectivity index (χ3v) is 3.89. The van der Waals surface area contributed by atoms with E-state index in [1.165, 1.54) is 23.3 Å². The second kappa shape index (κ2) is 7.57. The SMILES string of the molecule is C[C@H](Cc1ccc(-c2ccccc2)cc1)NC(=O)c1ccc(=O)[nH]n1. The third kappa shape index (κ3) is 4.41. The molecule has 1 amide bonds. The molecule has 1 heterocycles. The molecule has 3 aromatic rings. The Kier molecular flexibility index (Phi) is 5.04. The molecule has 3 rings (SSSR count). The number of hydrogen-bond donors (Lipinski definition) is 2. The van der Waals surface area contributed by atoms with Crippen molar-refractivity contribution in [3.05, 3.63) is 88.3 Å². The molecule has 0 aliphatic rings. The number of aromatic amines is 1. The summed E-state index contributed by atoms with van der Waals surface area (Å²) in [5.74, 6) is -0.301. The molecule has 1 aromatic heterocycles. The summed E-state index contributed by atoms with van der Waals surface area (Å²) in [6.07, 6.45) is 0.712. The number of nitrogens with zero attached hydrogens (tertiary/aromatic N) is 1. The zero-order chi connectivity index (χ0) is 17.6. The molecule has 0 saturated heterocycles. The molecule has 1 atom stereocenters. The lowest BCUT2D eigenvalue weighted by molar-refractivity contribution is 0.0934. The van der Waals surface area contributed by atoms with Crippen LogP contribution in [0.1, 0.15) is 23.0 Å². The number of carbonyl (C=O) groups is 1. The molecular formula is C20H19N3O2. The first-order valence-corrected chi connectivity index (χ1v) is 8.13. The molecule has 0 spiro atoms. The lowest BCUT2D eigenvalue weighted by Crippen LogP contribution is -2.35. The number of hydrogen-bond acceptors (Lipinski definition) is 3. The van der Waals surface area contributed by atoms with Crippen LogP contribution in [0.15, 0.2) is 71.5 Å². The van der Waals surface area contributed by atoms with Crippen molar-refractivity contribution in [1.82, 2.24) is 15.5 Å². The number of amides is 1. The van der Waals surface area contributed by atoms with Crippen LogP contribution in [0.4, 0.5) is 0 Å². The molecule has 0 fully saturated rings. The maximum atomic E-state index is 12.1. The van der Waals surface area contributed by atoms with E-state index in [9.17, 15) is 9.59 Å². The molecule has 5 nitrogen and oxygen atoms in total. The number of carbonyl (C=O) groups excluding carboxylic acids is 1. The Labute approximate surface area is 145 Å². The number of nitrogens with one attached hydrogen (secondary N) is 2. The fourth-order valence-corrected chi connectivity index (χ4v) is 2.64. The van der Waals surface area contributed by atoms with Gasteiger partial charge in [0.25, 0.3) is 11.5 Å². The van der Waals surface area contributed by atoms with Gasteiger partial charge in [-0.25, -0.2) is 5.10 Å². The molecule has 25 heavy (non-hydrogen) atoms. The maximum absolute atomic E-state index is 12.1. The molecule has 0 aliphatic carbocycles. The van der Waals surface area contributed by atoms with E-state index in [1.54, 1.807) is 0 Å². The van der Waals surface area contributed by atoms with Gasteiger partial charge in [-0.1, -0.05) is 54.6 Å². The summed E-state index contributed by atoms with van der Waals surface area (Å²) in [6, 6.07) is 21.2. The van der Waals surface area contributed by atoms with E-state index < -0.39 is 0 Å². The predicted octanol–water partition coefficient (Wildman–Crippen LogP) is 2.80. The first-order valence-electron chi connectivity index (χ1n) is 8.13. The number of rotatable bonds is 5. The minimum absolute atomic E-state index is 0.0520. The average molecular weight is 333 g/mol. The summed E-state index contributed by atoms with van der Waals surface area (Å²) in [4.78, 5) is 23.1. The van der Waals surface area contributed by atoms with Crippen molar-refractivity contribution in [3.8, 4) is 11.1 Å². The van der Waals surface area contributed by atoms with Gasteiger partial charge in [0, 0.05) is 12.1 Å². The Morgan fingerprint density at radius 1 is 1.00 bits per heavy atom. The minimum Gasteiger partial charge on any atom is -0.348 e. The highest BCUT2D eigenvalue weighted by Crippen LogP contribution is 2.19. The van der Waals surface area contributed by atoms with E-state index in [4.69, 9.17) is 0 Å². The molecule has 0 saturated carbocycles. The molecule has 5 heteroatoms. The smallest absolute Gasteiger partial charge is 0.271 e. The minimum atomic E-state index is -0.330. The quantitative estimate of drug-likeness (QED) is 0.754. The summed E-state index contributed by atoms with van der Waals surface area (Å²) in [5.41, 5.74) is 3.36. The summed E-state index contributed by atoms with van der Waals surface area (Å²) in [5, 5.41) is 8.88. The molecule has 126 valence electrons. The van der Waals surface area contributed by atoms with Crippen LogP contribution in [-0.4, -0.2) is 22.1 Å². The Morgan fingerprint density at radius 3 is 2.32 bits per heavy atom. The summed E-state index contributed by atoms with van der Waals surface area (Å²) < 4.78 is 0. The second-order valence-corrected chi connectivity index (χ2v) is 5.95. The molecule has 0 aliphatic heterocycles. The van der Waals surface area contributed by atoms with Gasteiger partial charge in [-0.3, -0.25) is 9.59 Å². The Bertz CT molecular complexity index is 882. The van der Waals surface area contributed by atoms with Crippen LogP contribution in [0.5, 0.6) is 0 Å². The van der Waals surface area contributed by atoms with Gasteiger partial charge >= 0.3 is 0 Å². The molecule has 2 N–H and O–H groups in total. The number of benzene rings is 2. The van der Waals surface area contributed by atoms with Crippen molar-refractivity contribution in [3.63, 3.8) is 0 Å². The van der Waals surface area contributed by atoms with Crippen LogP contribution in [0.25, 0.3) is 11.1 Å². The lowest BCUT2D eigenvalue weighted by atomic mass is 10.0. The van der Waals surface area contributed by atoms with Crippen molar-refractivity contribution in [2.75, 3.05) is 0 Å². The van der Waals surface area contributed by atoms with E-state index in [2.05, 4.69) is 51.9 Å². The fourth-order valence-electron chi connectivity index (χ4n) is 2.64. The highest BCUT2D eigenvalue weighted by atomic mass is 16.2. The predicted molar refractivity (Wildman–Crippen MR) is 97.4 cm³/mol. The fraction of sp³-hybridized carbons (Fsp3) is 0.150. The van der Waals surface area contributed by atoms with E-state index in [-0.39, 0.29) is 23.2 Å². The van der Waals surface area contributed by atoms with E-state index in [0.717, 1.165) is 5.56 Å². The molecule has 0 bridgehead atoms. The van der Waals surface area contributed by atoms with Gasteiger partial charge in [-0.05, 0) is 36.1 Å². The van der Waals surface area contributed by atoms with Crippen LogP contribution in [-0.2, 0) is 6.42 Å². The van der Waals surface area contributed by atoms with E-state index in [0.29, 0.717) is 6.42 Å². The summed E-state index contributed by atoms with van der Waals surface area (Å²) in [6.45, 7) is 1.94. The summed E-state index contributed by atoms with van der Waals surface area (Å²) >= 11 is 0. The highest BCUT2D eigenvalue weighted by Gasteiger charge is 2.11. The van der Waals surface area contributed by atoms with Gasteiger partial charge < -0.3 is 5.32 Å². The Morgan fingerprint density at radius 2 is 1.68 bits per heavy atom. The first-order chi connectivity index (χ1) is 12.1. The second-order valence-electron chi connectivity index (χ2n) is 5.95. The number of aromatic nitrogens is 2. The highest BCUT2D eigenvalue weighted by molar-refractivity contribution is 5.92. The third-order valence-electron chi connectivity index (χ3n) is 3.89. The Hall–Kier alpha value is -3.21. The van der Waals surface area contributed by atoms with Gasteiger partial charge in [-0.15, -0.1) is 0 Å². The zero-order valence-corrected chi connectivity index (χ0v) is 13.9. The normalized spacial score (nSPS) is 11.7. The standard InChI is InChI=1S/C20H19N3O2/c1-14(21-20(25)18-11-12-19(24)23-22-18)13-15-7-9-17(10-8-15)16-5-3-2-4-6-16/h2-12,14H,13H2,1H3,(H,21,25)(H,23,24)/t14-/m1/s1. The zero-order valence-electron chi connectivity index (χ0n) is 13.9. The van der Waals surface area contributed by atoms with Crippen molar-refractivity contribution in [1.29, 1.82) is 0 Å². The molecule has 0 unspecified atom stereocenters. The van der Waals surface area contributed by atoms with Crippen molar-refractivity contribution in [2.45, 2.75) is 19.4 Å². The van der Waals surface area contributed by atoms with Crippen molar-refractivity contribution >= 4 is 5.91 Å². The number of H-pyrrole nitrogens is 1. The molecular weight excluding hydrogens is 314 g/mol. The summed E-state index contributed by atoms with van der Waals surface area (Å²) in [7, 11) is 0. The Balaban J connectivity index is 1.61. The molecule has 0 radical (unpaired) electrons. The van der Waals surface area contributed by atoms with E-state index >= 15 is 0 Å². The van der Waals surface area contributed by atoms with Crippen LogP contribution < -0.4 is 10.9 Å². The van der Waals surface area contributed by atoms with Crippen molar-refractivity contribution in [2.24, 2.45) is 0 Å². The van der Waals surface area contributed by atoms with Gasteiger partial charge in [0.05, 0.1) is 0 Å². The van der Waals surface area contributed by atoms with Crippen LogP contribution in [0, 0.1) is 0 Å². The maximum Gasteiger partial charge on any atom is 0.271 e.